The first-order valence-electron chi connectivity index (χ1n) is 7.76. The van der Waals surface area contributed by atoms with Gasteiger partial charge in [-0.25, -0.2) is 0 Å². The van der Waals surface area contributed by atoms with Crippen molar-refractivity contribution in [2.75, 3.05) is 19.5 Å². The lowest BCUT2D eigenvalue weighted by Gasteiger charge is -2.32. The second-order valence-electron chi connectivity index (χ2n) is 5.75. The molecule has 0 fully saturated rings. The first kappa shape index (κ1) is 14.7. The van der Waals surface area contributed by atoms with Crippen LogP contribution >= 0.6 is 0 Å². The van der Waals surface area contributed by atoms with Crippen molar-refractivity contribution in [3.05, 3.63) is 35.0 Å². The lowest BCUT2D eigenvalue weighted by Crippen LogP contribution is -2.31. The maximum Gasteiger partial charge on any atom is 0.248 e. The molecular formula is C16H17N5O3. The van der Waals surface area contributed by atoms with Gasteiger partial charge in [-0.15, -0.1) is 0 Å². The predicted molar refractivity (Wildman–Crippen MR) is 85.0 cm³/mol. The maximum atomic E-state index is 12.6. The van der Waals surface area contributed by atoms with Crippen LogP contribution in [0.4, 0.5) is 5.95 Å². The summed E-state index contributed by atoms with van der Waals surface area (Å²) in [5, 5.41) is 15.0. The van der Waals surface area contributed by atoms with E-state index in [0.717, 1.165) is 24.1 Å². The van der Waals surface area contributed by atoms with Crippen molar-refractivity contribution in [2.45, 2.75) is 25.3 Å². The lowest BCUT2D eigenvalue weighted by molar-refractivity contribution is -0.116. The average Bonchev–Trinajstić information content (AvgIpc) is 3.07. The highest BCUT2D eigenvalue weighted by Gasteiger charge is 2.37. The number of ether oxygens (including phenoxy) is 2. The molecule has 1 atom stereocenters. The van der Waals surface area contributed by atoms with Gasteiger partial charge in [0.2, 0.25) is 5.95 Å². The molecule has 1 aliphatic heterocycles. The van der Waals surface area contributed by atoms with Crippen LogP contribution in [-0.4, -0.2) is 40.2 Å². The Morgan fingerprint density at radius 2 is 2.12 bits per heavy atom. The molecule has 24 heavy (non-hydrogen) atoms. The monoisotopic (exact) mass is 327 g/mol. The van der Waals surface area contributed by atoms with Crippen molar-refractivity contribution >= 4 is 11.7 Å². The Morgan fingerprint density at radius 3 is 2.92 bits per heavy atom. The molecular weight excluding hydrogens is 310 g/mol. The van der Waals surface area contributed by atoms with Crippen molar-refractivity contribution in [1.29, 1.82) is 0 Å². The van der Waals surface area contributed by atoms with Gasteiger partial charge in [0.25, 0.3) is 0 Å². The van der Waals surface area contributed by atoms with Gasteiger partial charge in [0.15, 0.2) is 5.78 Å². The zero-order valence-corrected chi connectivity index (χ0v) is 13.4. The molecule has 8 heteroatoms. The smallest absolute Gasteiger partial charge is 0.248 e. The molecule has 2 aromatic rings. The Balaban J connectivity index is 1.92. The number of tetrazole rings is 1. The molecule has 0 amide bonds. The average molecular weight is 327 g/mol. The molecule has 0 radical (unpaired) electrons. The lowest BCUT2D eigenvalue weighted by atomic mass is 9.85. The second-order valence-corrected chi connectivity index (χ2v) is 5.75. The van der Waals surface area contributed by atoms with Crippen LogP contribution in [0.15, 0.2) is 29.5 Å². The molecule has 2 aliphatic rings. The summed E-state index contributed by atoms with van der Waals surface area (Å²) >= 11 is 0. The number of nitrogens with zero attached hydrogens (tertiary/aromatic N) is 4. The van der Waals surface area contributed by atoms with E-state index in [1.54, 1.807) is 25.0 Å². The Bertz CT molecular complexity index is 842. The van der Waals surface area contributed by atoms with Crippen molar-refractivity contribution in [3.63, 3.8) is 0 Å². The third-order valence-corrected chi connectivity index (χ3v) is 4.46. The number of ketones is 1. The Morgan fingerprint density at radius 1 is 1.25 bits per heavy atom. The summed E-state index contributed by atoms with van der Waals surface area (Å²) in [4.78, 5) is 12.6. The normalized spacial score (nSPS) is 19.4. The van der Waals surface area contributed by atoms with E-state index in [0.29, 0.717) is 29.4 Å². The van der Waals surface area contributed by atoms with Gasteiger partial charge in [-0.3, -0.25) is 4.79 Å². The molecule has 1 aromatic carbocycles. The summed E-state index contributed by atoms with van der Waals surface area (Å²) in [6, 6.07) is 5.14. The maximum absolute atomic E-state index is 12.6. The molecule has 0 spiro atoms. The molecule has 2 heterocycles. The first-order valence-corrected chi connectivity index (χ1v) is 7.76. The molecule has 0 saturated heterocycles. The summed E-state index contributed by atoms with van der Waals surface area (Å²) in [5.74, 6) is 1.97. The predicted octanol–water partition coefficient (Wildman–Crippen LogP) is 1.71. The standard InChI is InChI=1S/C16H17N5O3/c1-23-9-6-7-10(13(8-9)24-2)15-14-11(4-3-5-12(14)22)17-16-18-19-20-21(15)16/h6-8,15H,3-5H2,1-2H3,(H,17,18,20)/t15-/m0/s1. The van der Waals surface area contributed by atoms with E-state index in [4.69, 9.17) is 9.47 Å². The SMILES string of the molecule is COc1ccc([C@H]2C3=C(CCCC3=O)Nc3nnnn32)c(OC)c1. The van der Waals surface area contributed by atoms with E-state index < -0.39 is 6.04 Å². The van der Waals surface area contributed by atoms with Crippen LogP contribution in [0, 0.1) is 0 Å². The fourth-order valence-electron chi connectivity index (χ4n) is 3.35. The van der Waals surface area contributed by atoms with E-state index in [2.05, 4.69) is 20.8 Å². The minimum atomic E-state index is -0.403. The molecule has 4 rings (SSSR count). The summed E-state index contributed by atoms with van der Waals surface area (Å²) in [6.07, 6.45) is 2.18. The van der Waals surface area contributed by atoms with Crippen LogP contribution < -0.4 is 14.8 Å². The number of nitrogens with one attached hydrogen (secondary N) is 1. The highest BCUT2D eigenvalue weighted by Crippen LogP contribution is 2.42. The van der Waals surface area contributed by atoms with Crippen molar-refractivity contribution in [2.24, 2.45) is 0 Å². The van der Waals surface area contributed by atoms with E-state index in [1.165, 1.54) is 0 Å². The zero-order valence-electron chi connectivity index (χ0n) is 13.4. The van der Waals surface area contributed by atoms with Crippen LogP contribution in [0.1, 0.15) is 30.9 Å². The summed E-state index contributed by atoms with van der Waals surface area (Å²) in [7, 11) is 3.20. The largest absolute Gasteiger partial charge is 0.497 e. The fraction of sp³-hybridized carbons (Fsp3) is 0.375. The number of benzene rings is 1. The number of aromatic nitrogens is 4. The van der Waals surface area contributed by atoms with Crippen LogP contribution in [0.5, 0.6) is 11.5 Å². The number of fused-ring (bicyclic) bond motifs is 1. The molecule has 0 unspecified atom stereocenters. The zero-order chi connectivity index (χ0) is 16.7. The molecule has 0 saturated carbocycles. The van der Waals surface area contributed by atoms with Gasteiger partial charge in [0, 0.05) is 29.3 Å². The number of Topliss-reactive ketones (excluding diaryl/α,β-unsaturated/α-hetero) is 1. The Kier molecular flexibility index (Phi) is 3.44. The molecule has 8 nitrogen and oxygen atoms in total. The summed E-state index contributed by atoms with van der Waals surface area (Å²) in [6.45, 7) is 0. The van der Waals surface area contributed by atoms with Crippen molar-refractivity contribution in [3.8, 4) is 11.5 Å². The van der Waals surface area contributed by atoms with E-state index in [9.17, 15) is 4.79 Å². The van der Waals surface area contributed by atoms with Gasteiger partial charge >= 0.3 is 0 Å². The van der Waals surface area contributed by atoms with Crippen molar-refractivity contribution < 1.29 is 14.3 Å². The minimum Gasteiger partial charge on any atom is -0.497 e. The number of carbonyl (C=O) groups is 1. The summed E-state index contributed by atoms with van der Waals surface area (Å²) in [5.41, 5.74) is 2.44. The molecule has 1 aliphatic carbocycles. The van der Waals surface area contributed by atoms with Gasteiger partial charge in [0.1, 0.15) is 17.5 Å². The van der Waals surface area contributed by atoms with E-state index in [-0.39, 0.29) is 5.78 Å². The Hall–Kier alpha value is -2.90. The second kappa shape index (κ2) is 5.63. The topological polar surface area (TPSA) is 91.2 Å². The van der Waals surface area contributed by atoms with Crippen molar-refractivity contribution in [1.82, 2.24) is 20.2 Å². The molecule has 1 N–H and O–H groups in total. The Labute approximate surface area is 138 Å². The quantitative estimate of drug-likeness (QED) is 0.917. The van der Waals surface area contributed by atoms with E-state index in [1.807, 2.05) is 12.1 Å². The van der Waals surface area contributed by atoms with Crippen LogP contribution in [-0.2, 0) is 4.79 Å². The molecule has 0 bridgehead atoms. The van der Waals surface area contributed by atoms with Gasteiger partial charge in [0.05, 0.1) is 14.2 Å². The van der Waals surface area contributed by atoms with Gasteiger partial charge in [-0.1, -0.05) is 5.10 Å². The van der Waals surface area contributed by atoms with Crippen LogP contribution in [0.25, 0.3) is 0 Å². The third kappa shape index (κ3) is 2.14. The minimum absolute atomic E-state index is 0.118. The third-order valence-electron chi connectivity index (χ3n) is 4.46. The van der Waals surface area contributed by atoms with Gasteiger partial charge < -0.3 is 14.8 Å². The first-order chi connectivity index (χ1) is 11.7. The fourth-order valence-corrected chi connectivity index (χ4v) is 3.35. The number of carbonyl (C=O) groups excluding carboxylic acids is 1. The highest BCUT2D eigenvalue weighted by molar-refractivity contribution is 5.99. The molecule has 1 aromatic heterocycles. The number of hydrogen-bond acceptors (Lipinski definition) is 7. The van der Waals surface area contributed by atoms with E-state index >= 15 is 0 Å². The number of anilines is 1. The van der Waals surface area contributed by atoms with Gasteiger partial charge in [-0.05, 0) is 35.4 Å². The molecule has 124 valence electrons. The number of allylic oxidation sites excluding steroid dienone is 2. The highest BCUT2D eigenvalue weighted by atomic mass is 16.5. The van der Waals surface area contributed by atoms with Crippen LogP contribution in [0.3, 0.4) is 0 Å². The van der Waals surface area contributed by atoms with Crippen LogP contribution in [0.2, 0.25) is 0 Å². The van der Waals surface area contributed by atoms with Gasteiger partial charge in [-0.2, -0.15) is 4.68 Å². The summed E-state index contributed by atoms with van der Waals surface area (Å²) < 4.78 is 12.4. The number of hydrogen-bond donors (Lipinski definition) is 1. The number of rotatable bonds is 3. The number of methoxy groups -OCH3 is 2.